The molecule has 6 nitrogen and oxygen atoms in total. The lowest BCUT2D eigenvalue weighted by Gasteiger charge is -2.36. The standard InChI is InChI=1S/C20H17F4N5O/c21-15-3-1-2-14(17(15)20(22,23)24)13-6-8-28(9-7-13)19(30)18-27-26-16-5-4-12(10-25)11-29(16)18/h1-5,11,13,18,27H,6-9H2. The molecule has 3 aliphatic rings. The topological polar surface area (TPSA) is 71.7 Å². The molecule has 4 rings (SSSR count). The lowest BCUT2D eigenvalue weighted by molar-refractivity contribution is -0.141. The number of benzene rings is 1. The Morgan fingerprint density at radius 2 is 1.97 bits per heavy atom. The van der Waals surface area contributed by atoms with Crippen LogP contribution in [0, 0.1) is 17.1 Å². The number of amidine groups is 1. The van der Waals surface area contributed by atoms with Crippen molar-refractivity contribution in [1.82, 2.24) is 15.2 Å². The minimum atomic E-state index is -4.78. The zero-order valence-corrected chi connectivity index (χ0v) is 15.7. The first-order chi connectivity index (χ1) is 14.3. The first kappa shape index (κ1) is 19.9. The van der Waals surface area contributed by atoms with Crippen LogP contribution in [0.5, 0.6) is 0 Å². The number of nitrogens with zero attached hydrogens (tertiary/aromatic N) is 4. The molecule has 0 saturated carbocycles. The van der Waals surface area contributed by atoms with Crippen molar-refractivity contribution in [3.05, 3.63) is 59.1 Å². The van der Waals surface area contributed by atoms with Crippen molar-refractivity contribution in [3.63, 3.8) is 0 Å². The van der Waals surface area contributed by atoms with E-state index in [0.717, 1.165) is 6.07 Å². The molecule has 1 aromatic rings. The summed E-state index contributed by atoms with van der Waals surface area (Å²) in [5.41, 5.74) is 1.82. The number of piperidine rings is 1. The number of carbonyl (C=O) groups is 1. The highest BCUT2D eigenvalue weighted by Crippen LogP contribution is 2.40. The molecule has 1 aromatic carbocycles. The van der Waals surface area contributed by atoms with Crippen LogP contribution in [0.1, 0.15) is 29.9 Å². The van der Waals surface area contributed by atoms with Gasteiger partial charge in [-0.2, -0.15) is 23.5 Å². The van der Waals surface area contributed by atoms with Crippen molar-refractivity contribution < 1.29 is 22.4 Å². The van der Waals surface area contributed by atoms with Gasteiger partial charge in [0.25, 0.3) is 5.91 Å². The van der Waals surface area contributed by atoms with E-state index in [9.17, 15) is 22.4 Å². The number of likely N-dealkylation sites (tertiary alicyclic amines) is 1. The van der Waals surface area contributed by atoms with Gasteiger partial charge in [-0.1, -0.05) is 12.1 Å². The molecule has 1 N–H and O–H groups in total. The number of allylic oxidation sites excluding steroid dienone is 2. The maximum atomic E-state index is 13.9. The Bertz CT molecular complexity index is 999. The molecule has 1 unspecified atom stereocenters. The van der Waals surface area contributed by atoms with Gasteiger partial charge in [0.2, 0.25) is 6.17 Å². The summed E-state index contributed by atoms with van der Waals surface area (Å²) in [6.07, 6.45) is -0.279. The van der Waals surface area contributed by atoms with E-state index in [-0.39, 0.29) is 37.4 Å². The molecule has 1 amide bonds. The van der Waals surface area contributed by atoms with Gasteiger partial charge in [-0.15, -0.1) is 0 Å². The average molecular weight is 419 g/mol. The predicted molar refractivity (Wildman–Crippen MR) is 99.0 cm³/mol. The number of hydrogen-bond acceptors (Lipinski definition) is 5. The Kier molecular flexibility index (Phi) is 4.97. The van der Waals surface area contributed by atoms with E-state index < -0.39 is 29.6 Å². The minimum Gasteiger partial charge on any atom is -0.339 e. The van der Waals surface area contributed by atoms with Gasteiger partial charge in [-0.25, -0.2) is 4.39 Å². The highest BCUT2D eigenvalue weighted by atomic mass is 19.4. The summed E-state index contributed by atoms with van der Waals surface area (Å²) in [5, 5.41) is 13.1. The van der Waals surface area contributed by atoms with Gasteiger partial charge in [-0.3, -0.25) is 15.1 Å². The maximum Gasteiger partial charge on any atom is 0.419 e. The molecule has 0 aliphatic carbocycles. The van der Waals surface area contributed by atoms with E-state index in [1.54, 1.807) is 22.0 Å². The number of nitrogens with one attached hydrogen (secondary N) is 1. The third-order valence-electron chi connectivity index (χ3n) is 5.47. The quantitative estimate of drug-likeness (QED) is 0.748. The molecule has 0 aromatic heterocycles. The molecule has 10 heteroatoms. The van der Waals surface area contributed by atoms with E-state index in [0.29, 0.717) is 11.4 Å². The van der Waals surface area contributed by atoms with Crippen molar-refractivity contribution in [2.45, 2.75) is 31.1 Å². The van der Waals surface area contributed by atoms with Crippen LogP contribution in [0.3, 0.4) is 0 Å². The molecule has 3 heterocycles. The lowest BCUT2D eigenvalue weighted by Crippen LogP contribution is -2.52. The van der Waals surface area contributed by atoms with E-state index >= 15 is 0 Å². The van der Waals surface area contributed by atoms with Crippen LogP contribution in [0.25, 0.3) is 0 Å². The average Bonchev–Trinajstić information content (AvgIpc) is 3.15. The van der Waals surface area contributed by atoms with Crippen LogP contribution in [0.4, 0.5) is 17.6 Å². The van der Waals surface area contributed by atoms with Crippen LogP contribution < -0.4 is 5.43 Å². The van der Waals surface area contributed by atoms with Crippen molar-refractivity contribution in [2.24, 2.45) is 5.10 Å². The van der Waals surface area contributed by atoms with Crippen LogP contribution >= 0.6 is 0 Å². The Labute approximate surface area is 169 Å². The summed E-state index contributed by atoms with van der Waals surface area (Å²) in [6, 6.07) is 5.40. The van der Waals surface area contributed by atoms with E-state index in [1.807, 2.05) is 6.07 Å². The Morgan fingerprint density at radius 1 is 1.23 bits per heavy atom. The molecule has 30 heavy (non-hydrogen) atoms. The maximum absolute atomic E-state index is 13.9. The van der Waals surface area contributed by atoms with Crippen molar-refractivity contribution in [2.75, 3.05) is 13.1 Å². The zero-order chi connectivity index (χ0) is 21.5. The van der Waals surface area contributed by atoms with Gasteiger partial charge in [0.05, 0.1) is 11.1 Å². The SMILES string of the molecule is N#CC1=CN2C(=NNC2C(=O)N2CCC(c3cccc(F)c3C(F)(F)F)CC2)C=C1. The second-order valence-corrected chi connectivity index (χ2v) is 7.24. The van der Waals surface area contributed by atoms with E-state index in [4.69, 9.17) is 5.26 Å². The number of alkyl halides is 3. The minimum absolute atomic E-state index is 0.0676. The number of rotatable bonds is 2. The summed E-state index contributed by atoms with van der Waals surface area (Å²) in [5.74, 6) is -1.56. The summed E-state index contributed by atoms with van der Waals surface area (Å²) < 4.78 is 53.9. The molecule has 1 fully saturated rings. The third kappa shape index (κ3) is 3.51. The van der Waals surface area contributed by atoms with Crippen molar-refractivity contribution >= 4 is 11.7 Å². The Morgan fingerprint density at radius 3 is 2.63 bits per heavy atom. The molecular formula is C20H17F4N5O. The summed E-state index contributed by atoms with van der Waals surface area (Å²) >= 11 is 0. The Hall–Kier alpha value is -3.35. The molecular weight excluding hydrogens is 402 g/mol. The van der Waals surface area contributed by atoms with Gasteiger partial charge in [-0.05, 0) is 42.5 Å². The van der Waals surface area contributed by atoms with Gasteiger partial charge in [0, 0.05) is 19.3 Å². The molecule has 1 saturated heterocycles. The number of hydrogen-bond donors (Lipinski definition) is 1. The summed E-state index contributed by atoms with van der Waals surface area (Å²) in [6.45, 7) is 0.479. The number of amides is 1. The smallest absolute Gasteiger partial charge is 0.339 e. The van der Waals surface area contributed by atoms with Crippen LogP contribution in [-0.4, -0.2) is 40.8 Å². The number of nitriles is 1. The number of carbonyl (C=O) groups excluding carboxylic acids is 1. The normalized spacial score (nSPS) is 21.5. The monoisotopic (exact) mass is 419 g/mol. The fourth-order valence-electron chi connectivity index (χ4n) is 4.00. The van der Waals surface area contributed by atoms with Crippen LogP contribution in [0.2, 0.25) is 0 Å². The van der Waals surface area contributed by atoms with Crippen LogP contribution in [0.15, 0.2) is 47.2 Å². The largest absolute Gasteiger partial charge is 0.419 e. The molecule has 156 valence electrons. The van der Waals surface area contributed by atoms with E-state index in [1.165, 1.54) is 18.3 Å². The number of hydrazone groups is 1. The Balaban J connectivity index is 1.46. The first-order valence-electron chi connectivity index (χ1n) is 9.35. The number of halogens is 4. The fourth-order valence-corrected chi connectivity index (χ4v) is 4.00. The first-order valence-corrected chi connectivity index (χ1v) is 9.35. The van der Waals surface area contributed by atoms with Gasteiger partial charge in [0.15, 0.2) is 5.84 Å². The van der Waals surface area contributed by atoms with Gasteiger partial charge in [0.1, 0.15) is 11.9 Å². The van der Waals surface area contributed by atoms with Crippen LogP contribution in [-0.2, 0) is 11.0 Å². The van der Waals surface area contributed by atoms with Gasteiger partial charge >= 0.3 is 6.18 Å². The van der Waals surface area contributed by atoms with Crippen molar-refractivity contribution in [3.8, 4) is 6.07 Å². The molecule has 3 aliphatic heterocycles. The zero-order valence-electron chi connectivity index (χ0n) is 15.7. The molecule has 1 atom stereocenters. The number of fused-ring (bicyclic) bond motifs is 1. The second kappa shape index (κ2) is 7.48. The summed E-state index contributed by atoms with van der Waals surface area (Å²) in [7, 11) is 0. The fraction of sp³-hybridized carbons (Fsp3) is 0.350. The third-order valence-corrected chi connectivity index (χ3v) is 5.47. The molecule has 0 bridgehead atoms. The summed E-state index contributed by atoms with van der Waals surface area (Å²) in [4.78, 5) is 16.1. The van der Waals surface area contributed by atoms with Crippen molar-refractivity contribution in [1.29, 1.82) is 5.26 Å². The molecule has 0 spiro atoms. The second-order valence-electron chi connectivity index (χ2n) is 7.24. The predicted octanol–water partition coefficient (Wildman–Crippen LogP) is 3.07. The van der Waals surface area contributed by atoms with E-state index in [2.05, 4.69) is 10.5 Å². The highest BCUT2D eigenvalue weighted by molar-refractivity contribution is 6.00. The highest BCUT2D eigenvalue weighted by Gasteiger charge is 2.40. The molecule has 0 radical (unpaired) electrons. The van der Waals surface area contributed by atoms with Gasteiger partial charge < -0.3 is 4.90 Å². The lowest BCUT2D eigenvalue weighted by atomic mass is 9.86.